The summed E-state index contributed by atoms with van der Waals surface area (Å²) in [5.41, 5.74) is 0.914. The van der Waals surface area contributed by atoms with Crippen molar-refractivity contribution in [2.24, 2.45) is 0 Å². The summed E-state index contributed by atoms with van der Waals surface area (Å²) in [6.07, 6.45) is 0. The van der Waals surface area contributed by atoms with E-state index >= 15 is 0 Å². The van der Waals surface area contributed by atoms with Crippen LogP contribution in [0.4, 0.5) is 4.39 Å². The van der Waals surface area contributed by atoms with Crippen molar-refractivity contribution in [2.45, 2.75) is 5.88 Å². The highest BCUT2D eigenvalue weighted by molar-refractivity contribution is 14.1. The van der Waals surface area contributed by atoms with E-state index in [4.69, 9.17) is 11.6 Å². The number of hydrogen-bond donors (Lipinski definition) is 0. The van der Waals surface area contributed by atoms with Crippen LogP contribution in [-0.4, -0.2) is 0 Å². The van der Waals surface area contributed by atoms with Crippen molar-refractivity contribution in [3.05, 3.63) is 31.6 Å². The Hall–Kier alpha value is 0.650. The van der Waals surface area contributed by atoms with E-state index < -0.39 is 0 Å². The third kappa shape index (κ3) is 2.29. The van der Waals surface area contributed by atoms with Crippen LogP contribution >= 0.6 is 50.1 Å². The predicted octanol–water partition coefficient (Wildman–Crippen LogP) is 3.93. The highest BCUT2D eigenvalue weighted by Crippen LogP contribution is 2.23. The van der Waals surface area contributed by atoms with Gasteiger partial charge in [0.25, 0.3) is 0 Å². The van der Waals surface area contributed by atoms with Gasteiger partial charge in [0.2, 0.25) is 0 Å². The molecule has 0 aliphatic heterocycles. The van der Waals surface area contributed by atoms with Crippen molar-refractivity contribution in [3.63, 3.8) is 0 Å². The molecule has 0 bridgehead atoms. The first-order valence-corrected chi connectivity index (χ1v) is 5.25. The summed E-state index contributed by atoms with van der Waals surface area (Å²) in [6, 6.07) is 3.16. The Bertz CT molecular complexity index is 277. The van der Waals surface area contributed by atoms with E-state index in [0.717, 1.165) is 10.0 Å². The van der Waals surface area contributed by atoms with Gasteiger partial charge in [-0.05, 0) is 40.3 Å². The summed E-state index contributed by atoms with van der Waals surface area (Å²) >= 11 is 10.7. The van der Waals surface area contributed by atoms with Gasteiger partial charge in [0.1, 0.15) is 5.82 Å². The second kappa shape index (κ2) is 4.05. The minimum Gasteiger partial charge on any atom is -0.206 e. The van der Waals surface area contributed by atoms with Gasteiger partial charge in [-0.1, -0.05) is 15.9 Å². The Labute approximate surface area is 91.4 Å². The van der Waals surface area contributed by atoms with E-state index in [2.05, 4.69) is 15.9 Å². The zero-order valence-corrected chi connectivity index (χ0v) is 9.87. The average Bonchev–Trinajstić information content (AvgIpc) is 1.97. The number of benzene rings is 1. The van der Waals surface area contributed by atoms with Gasteiger partial charge in [-0.2, -0.15) is 0 Å². The van der Waals surface area contributed by atoms with Crippen molar-refractivity contribution < 1.29 is 4.39 Å². The van der Waals surface area contributed by atoms with Crippen molar-refractivity contribution in [3.8, 4) is 0 Å². The summed E-state index contributed by atoms with van der Waals surface area (Å²) in [4.78, 5) is 0. The molecule has 0 aromatic heterocycles. The van der Waals surface area contributed by atoms with Crippen LogP contribution in [0.5, 0.6) is 0 Å². The molecule has 0 radical (unpaired) electrons. The lowest BCUT2D eigenvalue weighted by Crippen LogP contribution is -1.87. The van der Waals surface area contributed by atoms with E-state index in [0.29, 0.717) is 9.45 Å². The van der Waals surface area contributed by atoms with Crippen LogP contribution in [0.2, 0.25) is 0 Å². The largest absolute Gasteiger partial charge is 0.206 e. The maximum atomic E-state index is 12.8. The van der Waals surface area contributed by atoms with E-state index in [1.165, 1.54) is 6.07 Å². The maximum Gasteiger partial charge on any atom is 0.137 e. The molecule has 0 unspecified atom stereocenters. The molecule has 1 aromatic rings. The Balaban J connectivity index is 3.21. The molecule has 0 atom stereocenters. The minimum absolute atomic E-state index is 0.216. The molecule has 0 spiro atoms. The first kappa shape index (κ1) is 9.74. The number of rotatable bonds is 1. The van der Waals surface area contributed by atoms with Crippen LogP contribution in [0.25, 0.3) is 0 Å². The Morgan fingerprint density at radius 2 is 2.18 bits per heavy atom. The third-order valence-corrected chi connectivity index (χ3v) is 3.09. The van der Waals surface area contributed by atoms with Crippen LogP contribution in [-0.2, 0) is 5.88 Å². The Morgan fingerprint density at radius 1 is 1.55 bits per heavy atom. The molecule has 0 amide bonds. The van der Waals surface area contributed by atoms with Crippen LogP contribution < -0.4 is 0 Å². The third-order valence-electron chi connectivity index (χ3n) is 1.23. The lowest BCUT2D eigenvalue weighted by atomic mass is 10.2. The van der Waals surface area contributed by atoms with Crippen molar-refractivity contribution in [1.82, 2.24) is 0 Å². The van der Waals surface area contributed by atoms with E-state index in [1.807, 2.05) is 22.6 Å². The average molecular weight is 349 g/mol. The summed E-state index contributed by atoms with van der Waals surface area (Å²) < 4.78 is 14.1. The molecule has 1 rings (SSSR count). The predicted molar refractivity (Wildman–Crippen MR) is 56.4 cm³/mol. The fourth-order valence-electron chi connectivity index (χ4n) is 0.666. The summed E-state index contributed by atoms with van der Waals surface area (Å²) in [5, 5.41) is 0. The van der Waals surface area contributed by atoms with Gasteiger partial charge in [-0.3, -0.25) is 0 Å². The normalized spacial score (nSPS) is 10.2. The number of halogens is 4. The van der Waals surface area contributed by atoms with Crippen LogP contribution in [0, 0.1) is 9.39 Å². The van der Waals surface area contributed by atoms with Crippen molar-refractivity contribution >= 4 is 50.1 Å². The molecule has 0 aliphatic rings. The second-order valence-electron chi connectivity index (χ2n) is 1.99. The molecular formula is C7H4BrClFI. The monoisotopic (exact) mass is 348 g/mol. The standard InChI is InChI=1S/C7H4BrClFI/c8-5-2-6(10)7(11)1-4(5)3-9/h1-2H,3H2. The molecule has 0 saturated carbocycles. The molecule has 0 N–H and O–H groups in total. The van der Waals surface area contributed by atoms with Gasteiger partial charge in [-0.25, -0.2) is 4.39 Å². The maximum absolute atomic E-state index is 12.8. The Morgan fingerprint density at radius 3 is 2.73 bits per heavy atom. The number of alkyl halides is 1. The lowest BCUT2D eigenvalue weighted by Gasteiger charge is -2.01. The van der Waals surface area contributed by atoms with E-state index in [9.17, 15) is 4.39 Å². The summed E-state index contributed by atoms with van der Waals surface area (Å²) in [6.45, 7) is 0. The Kier molecular flexibility index (Phi) is 3.58. The van der Waals surface area contributed by atoms with Crippen LogP contribution in [0.15, 0.2) is 16.6 Å². The van der Waals surface area contributed by atoms with Gasteiger partial charge < -0.3 is 0 Å². The molecule has 0 aliphatic carbocycles. The molecule has 11 heavy (non-hydrogen) atoms. The van der Waals surface area contributed by atoms with Crippen molar-refractivity contribution in [1.29, 1.82) is 0 Å². The molecule has 1 aromatic carbocycles. The van der Waals surface area contributed by atoms with Gasteiger partial charge in [0.15, 0.2) is 0 Å². The first-order valence-electron chi connectivity index (χ1n) is 2.84. The zero-order valence-electron chi connectivity index (χ0n) is 5.37. The fraction of sp³-hybridized carbons (Fsp3) is 0.143. The SMILES string of the molecule is Fc1cc(Br)c(CCl)cc1I. The second-order valence-corrected chi connectivity index (χ2v) is 4.28. The van der Waals surface area contributed by atoms with Gasteiger partial charge in [-0.15, -0.1) is 11.6 Å². The highest BCUT2D eigenvalue weighted by atomic mass is 127. The molecule has 0 nitrogen and oxygen atoms in total. The lowest BCUT2D eigenvalue weighted by molar-refractivity contribution is 0.619. The molecule has 60 valence electrons. The van der Waals surface area contributed by atoms with Gasteiger partial charge in [0, 0.05) is 13.9 Å². The first-order chi connectivity index (χ1) is 5.15. The highest BCUT2D eigenvalue weighted by Gasteiger charge is 2.04. The van der Waals surface area contributed by atoms with E-state index in [-0.39, 0.29) is 5.82 Å². The number of hydrogen-bond acceptors (Lipinski definition) is 0. The topological polar surface area (TPSA) is 0 Å². The molecular weight excluding hydrogens is 345 g/mol. The van der Waals surface area contributed by atoms with E-state index in [1.54, 1.807) is 6.07 Å². The molecule has 4 heteroatoms. The van der Waals surface area contributed by atoms with Gasteiger partial charge >= 0.3 is 0 Å². The van der Waals surface area contributed by atoms with Crippen molar-refractivity contribution in [2.75, 3.05) is 0 Å². The molecule has 0 fully saturated rings. The quantitative estimate of drug-likeness (QED) is 0.409. The minimum atomic E-state index is -0.216. The molecule has 0 saturated heterocycles. The summed E-state index contributed by atoms with van der Waals surface area (Å²) in [7, 11) is 0. The van der Waals surface area contributed by atoms with Gasteiger partial charge in [0.05, 0.1) is 0 Å². The van der Waals surface area contributed by atoms with Crippen LogP contribution in [0.1, 0.15) is 5.56 Å². The smallest absolute Gasteiger partial charge is 0.137 e. The fourth-order valence-corrected chi connectivity index (χ4v) is 2.04. The molecule has 0 heterocycles. The van der Waals surface area contributed by atoms with Crippen LogP contribution in [0.3, 0.4) is 0 Å². The summed E-state index contributed by atoms with van der Waals surface area (Å²) in [5.74, 6) is 0.183. The zero-order chi connectivity index (χ0) is 8.43.